The first kappa shape index (κ1) is 14.2. The van der Waals surface area contributed by atoms with Gasteiger partial charge in [-0.2, -0.15) is 0 Å². The lowest BCUT2D eigenvalue weighted by Crippen LogP contribution is -2.27. The normalized spacial score (nSPS) is 14.3. The lowest BCUT2D eigenvalue weighted by molar-refractivity contribution is -0.152. The molecule has 0 aromatic carbocycles. The van der Waals surface area contributed by atoms with E-state index < -0.39 is 6.10 Å². The van der Waals surface area contributed by atoms with Gasteiger partial charge in [0.25, 0.3) is 0 Å². The van der Waals surface area contributed by atoms with Crippen LogP contribution in [-0.2, 0) is 9.53 Å². The molecular weight excluding hydrogens is 192 g/mol. The van der Waals surface area contributed by atoms with Crippen LogP contribution in [0.3, 0.4) is 0 Å². The minimum atomic E-state index is -0.632. The van der Waals surface area contributed by atoms with Crippen molar-refractivity contribution in [3.63, 3.8) is 0 Å². The van der Waals surface area contributed by atoms with Crippen LogP contribution in [0.5, 0.6) is 0 Å². The molecule has 0 spiro atoms. The lowest BCUT2D eigenvalue weighted by atomic mass is 9.96. The van der Waals surface area contributed by atoms with Crippen molar-refractivity contribution in [2.45, 2.75) is 45.6 Å². The Balaban J connectivity index is 3.93. The SMILES string of the molecule is C=CCCCCC(C(=O)OCC)C(C)O. The first-order chi connectivity index (χ1) is 7.13. The van der Waals surface area contributed by atoms with Crippen molar-refractivity contribution in [3.8, 4) is 0 Å². The summed E-state index contributed by atoms with van der Waals surface area (Å²) in [5, 5.41) is 9.44. The highest BCUT2D eigenvalue weighted by Crippen LogP contribution is 2.16. The number of carbonyl (C=O) groups excluding carboxylic acids is 1. The van der Waals surface area contributed by atoms with Gasteiger partial charge in [0.2, 0.25) is 0 Å². The Labute approximate surface area is 92.1 Å². The van der Waals surface area contributed by atoms with E-state index in [1.807, 2.05) is 6.08 Å². The number of rotatable bonds is 8. The van der Waals surface area contributed by atoms with Crippen LogP contribution in [0.4, 0.5) is 0 Å². The highest BCUT2D eigenvalue weighted by Gasteiger charge is 2.24. The molecule has 15 heavy (non-hydrogen) atoms. The van der Waals surface area contributed by atoms with E-state index in [9.17, 15) is 9.90 Å². The smallest absolute Gasteiger partial charge is 0.311 e. The minimum Gasteiger partial charge on any atom is -0.466 e. The first-order valence-corrected chi connectivity index (χ1v) is 5.59. The third-order valence-corrected chi connectivity index (χ3v) is 2.35. The standard InChI is InChI=1S/C12H22O3/c1-4-6-7-8-9-11(10(3)13)12(14)15-5-2/h4,10-11,13H,1,5-9H2,2-3H3. The molecule has 0 heterocycles. The zero-order valence-electron chi connectivity index (χ0n) is 9.74. The van der Waals surface area contributed by atoms with Crippen molar-refractivity contribution >= 4 is 5.97 Å². The molecule has 0 aliphatic carbocycles. The number of ether oxygens (including phenoxy) is 1. The van der Waals surface area contributed by atoms with Crippen molar-refractivity contribution in [2.24, 2.45) is 5.92 Å². The van der Waals surface area contributed by atoms with E-state index >= 15 is 0 Å². The second-order valence-corrected chi connectivity index (χ2v) is 3.67. The maximum absolute atomic E-state index is 11.4. The number of unbranched alkanes of at least 4 members (excludes halogenated alkanes) is 2. The molecule has 0 fully saturated rings. The Hall–Kier alpha value is -0.830. The van der Waals surface area contributed by atoms with Crippen molar-refractivity contribution in [3.05, 3.63) is 12.7 Å². The highest BCUT2D eigenvalue weighted by molar-refractivity contribution is 5.72. The van der Waals surface area contributed by atoms with Gasteiger partial charge >= 0.3 is 5.97 Å². The van der Waals surface area contributed by atoms with Crippen molar-refractivity contribution in [1.82, 2.24) is 0 Å². The third-order valence-electron chi connectivity index (χ3n) is 2.35. The van der Waals surface area contributed by atoms with Crippen LogP contribution in [0.1, 0.15) is 39.5 Å². The summed E-state index contributed by atoms with van der Waals surface area (Å²) in [5.74, 6) is -0.666. The van der Waals surface area contributed by atoms with Crippen LogP contribution in [-0.4, -0.2) is 23.8 Å². The first-order valence-electron chi connectivity index (χ1n) is 5.59. The molecule has 0 aromatic rings. The average molecular weight is 214 g/mol. The summed E-state index contributed by atoms with van der Waals surface area (Å²) in [7, 11) is 0. The van der Waals surface area contributed by atoms with Crippen molar-refractivity contribution in [2.75, 3.05) is 6.61 Å². The molecule has 0 radical (unpaired) electrons. The molecule has 0 bridgehead atoms. The zero-order chi connectivity index (χ0) is 11.7. The maximum atomic E-state index is 11.4. The van der Waals surface area contributed by atoms with Crippen LogP contribution in [0.2, 0.25) is 0 Å². The molecule has 1 N–H and O–H groups in total. The second-order valence-electron chi connectivity index (χ2n) is 3.67. The monoisotopic (exact) mass is 214 g/mol. The van der Waals surface area contributed by atoms with Crippen LogP contribution in [0.15, 0.2) is 12.7 Å². The quantitative estimate of drug-likeness (QED) is 0.383. The van der Waals surface area contributed by atoms with Gasteiger partial charge in [-0.1, -0.05) is 12.5 Å². The minimum absolute atomic E-state index is 0.286. The Morgan fingerprint density at radius 3 is 2.67 bits per heavy atom. The second kappa shape index (κ2) is 8.48. The van der Waals surface area contributed by atoms with Crippen molar-refractivity contribution in [1.29, 1.82) is 0 Å². The molecule has 0 amide bonds. The molecule has 2 unspecified atom stereocenters. The Kier molecular flexibility index (Phi) is 8.01. The van der Waals surface area contributed by atoms with E-state index in [1.165, 1.54) is 0 Å². The maximum Gasteiger partial charge on any atom is 0.311 e. The van der Waals surface area contributed by atoms with E-state index in [1.54, 1.807) is 13.8 Å². The molecular formula is C12H22O3. The third kappa shape index (κ3) is 6.28. The van der Waals surface area contributed by atoms with Crippen LogP contribution in [0, 0.1) is 5.92 Å². The molecule has 3 heteroatoms. The van der Waals surface area contributed by atoms with Crippen LogP contribution < -0.4 is 0 Å². The molecule has 2 atom stereocenters. The number of hydrogen-bond donors (Lipinski definition) is 1. The molecule has 3 nitrogen and oxygen atoms in total. The van der Waals surface area contributed by atoms with Gasteiger partial charge in [0.1, 0.15) is 0 Å². The van der Waals surface area contributed by atoms with Gasteiger partial charge in [0, 0.05) is 0 Å². The van der Waals surface area contributed by atoms with Gasteiger partial charge in [-0.05, 0) is 33.1 Å². The van der Waals surface area contributed by atoms with E-state index in [4.69, 9.17) is 4.74 Å². The van der Waals surface area contributed by atoms with Gasteiger partial charge < -0.3 is 9.84 Å². The highest BCUT2D eigenvalue weighted by atomic mass is 16.5. The largest absolute Gasteiger partial charge is 0.466 e. The predicted molar refractivity (Wildman–Crippen MR) is 60.5 cm³/mol. The van der Waals surface area contributed by atoms with Crippen LogP contribution >= 0.6 is 0 Å². The van der Waals surface area contributed by atoms with Gasteiger partial charge in [-0.15, -0.1) is 6.58 Å². The number of allylic oxidation sites excluding steroid dienone is 1. The fraction of sp³-hybridized carbons (Fsp3) is 0.750. The molecule has 0 aliphatic rings. The fourth-order valence-electron chi connectivity index (χ4n) is 1.46. The average Bonchev–Trinajstić information content (AvgIpc) is 2.17. The summed E-state index contributed by atoms with van der Waals surface area (Å²) in [4.78, 5) is 11.4. The zero-order valence-corrected chi connectivity index (χ0v) is 9.74. The van der Waals surface area contributed by atoms with Gasteiger partial charge in [0.05, 0.1) is 18.6 Å². The molecule has 88 valence electrons. The van der Waals surface area contributed by atoms with Crippen LogP contribution in [0.25, 0.3) is 0 Å². The Morgan fingerprint density at radius 2 is 2.20 bits per heavy atom. The lowest BCUT2D eigenvalue weighted by Gasteiger charge is -2.17. The predicted octanol–water partition coefficient (Wildman–Crippen LogP) is 2.29. The molecule has 0 aromatic heterocycles. The molecule has 0 saturated heterocycles. The summed E-state index contributed by atoms with van der Waals surface area (Å²) in [5.41, 5.74) is 0. The summed E-state index contributed by atoms with van der Waals surface area (Å²) >= 11 is 0. The molecule has 0 rings (SSSR count). The number of aliphatic hydroxyl groups excluding tert-OH is 1. The molecule has 0 aliphatic heterocycles. The van der Waals surface area contributed by atoms with Crippen molar-refractivity contribution < 1.29 is 14.6 Å². The summed E-state index contributed by atoms with van der Waals surface area (Å²) in [6.07, 6.45) is 4.79. The fourth-order valence-corrected chi connectivity index (χ4v) is 1.46. The Morgan fingerprint density at radius 1 is 1.53 bits per heavy atom. The Bertz CT molecular complexity index is 187. The van der Waals surface area contributed by atoms with E-state index in [0.717, 1.165) is 19.3 Å². The van der Waals surface area contributed by atoms with Gasteiger partial charge in [-0.25, -0.2) is 0 Å². The number of aliphatic hydroxyl groups is 1. The summed E-state index contributed by atoms with van der Waals surface area (Å²) in [6, 6.07) is 0. The van der Waals surface area contributed by atoms with E-state index in [-0.39, 0.29) is 11.9 Å². The van der Waals surface area contributed by atoms with Gasteiger partial charge in [-0.3, -0.25) is 4.79 Å². The van der Waals surface area contributed by atoms with E-state index in [2.05, 4.69) is 6.58 Å². The summed E-state index contributed by atoms with van der Waals surface area (Å²) < 4.78 is 4.90. The van der Waals surface area contributed by atoms with E-state index in [0.29, 0.717) is 13.0 Å². The topological polar surface area (TPSA) is 46.5 Å². The number of hydrogen-bond acceptors (Lipinski definition) is 3. The van der Waals surface area contributed by atoms with Gasteiger partial charge in [0.15, 0.2) is 0 Å². The number of carbonyl (C=O) groups is 1. The summed E-state index contributed by atoms with van der Waals surface area (Å²) in [6.45, 7) is 7.41. The number of esters is 1. The molecule has 0 saturated carbocycles.